The fourth-order valence-corrected chi connectivity index (χ4v) is 3.01. The number of anilines is 1. The number of urea groups is 1. The van der Waals surface area contributed by atoms with Gasteiger partial charge in [-0.05, 0) is 37.6 Å². The van der Waals surface area contributed by atoms with Gasteiger partial charge in [-0.1, -0.05) is 23.7 Å². The molecular formula is C20H29ClN6O. The van der Waals surface area contributed by atoms with Gasteiger partial charge in [0.1, 0.15) is 0 Å². The van der Waals surface area contributed by atoms with Gasteiger partial charge in [-0.15, -0.1) is 0 Å². The Kier molecular flexibility index (Phi) is 7.75. The third-order valence-corrected chi connectivity index (χ3v) is 4.34. The zero-order chi connectivity index (χ0) is 20.7. The summed E-state index contributed by atoms with van der Waals surface area (Å²) in [5, 5.41) is 9.69. The van der Waals surface area contributed by atoms with Crippen LogP contribution in [0, 0.1) is 0 Å². The summed E-state index contributed by atoms with van der Waals surface area (Å²) in [5.74, 6) is 0.788. The molecular weight excluding hydrogens is 376 g/mol. The highest BCUT2D eigenvalue weighted by molar-refractivity contribution is 6.30. The monoisotopic (exact) mass is 404 g/mol. The van der Waals surface area contributed by atoms with Gasteiger partial charge in [0.05, 0.1) is 11.6 Å². The molecule has 2 rings (SSSR count). The SMILES string of the molecule is CN=C(NCc1ccc(NC(=O)NC(C)C)cc1)N(C)Cc1cc(Cl)cn1C. The van der Waals surface area contributed by atoms with Gasteiger partial charge in [-0.3, -0.25) is 4.99 Å². The molecule has 3 N–H and O–H groups in total. The van der Waals surface area contributed by atoms with Crippen LogP contribution in [0.15, 0.2) is 41.5 Å². The first-order chi connectivity index (χ1) is 13.3. The van der Waals surface area contributed by atoms with Crippen molar-refractivity contribution >= 4 is 29.3 Å². The van der Waals surface area contributed by atoms with Crippen molar-refractivity contribution in [2.45, 2.75) is 33.0 Å². The predicted octanol–water partition coefficient (Wildman–Crippen LogP) is 3.42. The highest BCUT2D eigenvalue weighted by Crippen LogP contribution is 2.14. The second kappa shape index (κ2) is 10.0. The van der Waals surface area contributed by atoms with Gasteiger partial charge in [0.2, 0.25) is 0 Å². The highest BCUT2D eigenvalue weighted by Gasteiger charge is 2.10. The van der Waals surface area contributed by atoms with Crippen molar-refractivity contribution in [2.24, 2.45) is 12.0 Å². The Labute approximate surface area is 171 Å². The van der Waals surface area contributed by atoms with E-state index in [0.29, 0.717) is 13.1 Å². The lowest BCUT2D eigenvalue weighted by Crippen LogP contribution is -2.38. The van der Waals surface area contributed by atoms with Crippen LogP contribution in [-0.4, -0.2) is 41.6 Å². The number of aromatic nitrogens is 1. The number of benzene rings is 1. The molecule has 0 aliphatic heterocycles. The van der Waals surface area contributed by atoms with Crippen molar-refractivity contribution in [3.8, 4) is 0 Å². The number of nitrogens with zero attached hydrogens (tertiary/aromatic N) is 3. The predicted molar refractivity (Wildman–Crippen MR) is 116 cm³/mol. The summed E-state index contributed by atoms with van der Waals surface area (Å²) in [5.41, 5.74) is 2.95. The molecule has 152 valence electrons. The molecule has 1 aromatic carbocycles. The highest BCUT2D eigenvalue weighted by atomic mass is 35.5. The quantitative estimate of drug-likeness (QED) is 0.510. The summed E-state index contributed by atoms with van der Waals surface area (Å²) in [6.07, 6.45) is 1.89. The average molecular weight is 405 g/mol. The van der Waals surface area contributed by atoms with Crippen LogP contribution in [0.4, 0.5) is 10.5 Å². The number of rotatable bonds is 6. The minimum absolute atomic E-state index is 0.0961. The van der Waals surface area contributed by atoms with Gasteiger partial charge in [-0.25, -0.2) is 4.79 Å². The minimum atomic E-state index is -0.205. The fourth-order valence-electron chi connectivity index (χ4n) is 2.74. The van der Waals surface area contributed by atoms with Crippen LogP contribution in [0.3, 0.4) is 0 Å². The second-order valence-electron chi connectivity index (χ2n) is 6.97. The normalized spacial score (nSPS) is 11.5. The first-order valence-electron chi connectivity index (χ1n) is 9.17. The van der Waals surface area contributed by atoms with Crippen LogP contribution in [0.25, 0.3) is 0 Å². The number of hydrogen-bond donors (Lipinski definition) is 3. The summed E-state index contributed by atoms with van der Waals surface area (Å²) in [7, 11) is 5.72. The van der Waals surface area contributed by atoms with Crippen LogP contribution in [0.1, 0.15) is 25.1 Å². The molecule has 2 aromatic rings. The number of amides is 2. The molecule has 0 bridgehead atoms. The number of carbonyl (C=O) groups is 1. The van der Waals surface area contributed by atoms with Gasteiger partial charge >= 0.3 is 6.03 Å². The smallest absolute Gasteiger partial charge is 0.319 e. The van der Waals surface area contributed by atoms with Crippen molar-refractivity contribution < 1.29 is 4.79 Å². The van der Waals surface area contributed by atoms with Crippen molar-refractivity contribution in [1.29, 1.82) is 0 Å². The molecule has 7 nitrogen and oxygen atoms in total. The van der Waals surface area contributed by atoms with Gasteiger partial charge in [0.15, 0.2) is 5.96 Å². The molecule has 1 aromatic heterocycles. The van der Waals surface area contributed by atoms with E-state index in [0.717, 1.165) is 27.9 Å². The van der Waals surface area contributed by atoms with Crippen molar-refractivity contribution in [2.75, 3.05) is 19.4 Å². The van der Waals surface area contributed by atoms with Crippen LogP contribution >= 0.6 is 11.6 Å². The lowest BCUT2D eigenvalue weighted by atomic mass is 10.2. The molecule has 0 aliphatic rings. The average Bonchev–Trinajstić information content (AvgIpc) is 2.93. The Morgan fingerprint density at radius 2 is 1.96 bits per heavy atom. The molecule has 0 atom stereocenters. The second-order valence-corrected chi connectivity index (χ2v) is 7.40. The number of guanidine groups is 1. The maximum absolute atomic E-state index is 11.7. The zero-order valence-corrected chi connectivity index (χ0v) is 17.8. The Morgan fingerprint density at radius 1 is 1.29 bits per heavy atom. The topological polar surface area (TPSA) is 73.7 Å². The van der Waals surface area contributed by atoms with Gasteiger partial charge in [0, 0.05) is 51.3 Å². The van der Waals surface area contributed by atoms with Crippen molar-refractivity contribution in [3.05, 3.63) is 52.8 Å². The maximum Gasteiger partial charge on any atom is 0.319 e. The lowest BCUT2D eigenvalue weighted by molar-refractivity contribution is 0.250. The molecule has 2 amide bonds. The first kappa shape index (κ1) is 21.6. The largest absolute Gasteiger partial charge is 0.352 e. The fraction of sp³-hybridized carbons (Fsp3) is 0.400. The zero-order valence-electron chi connectivity index (χ0n) is 17.1. The summed E-state index contributed by atoms with van der Waals surface area (Å²) in [6, 6.07) is 9.56. The Morgan fingerprint density at radius 3 is 2.50 bits per heavy atom. The van der Waals surface area contributed by atoms with Gasteiger partial charge < -0.3 is 25.4 Å². The molecule has 0 aliphatic carbocycles. The molecule has 0 saturated heterocycles. The molecule has 0 saturated carbocycles. The third kappa shape index (κ3) is 6.49. The van der Waals surface area contributed by atoms with E-state index in [2.05, 4.69) is 20.9 Å². The van der Waals surface area contributed by atoms with E-state index in [1.54, 1.807) is 7.05 Å². The number of hydrogen-bond acceptors (Lipinski definition) is 2. The van der Waals surface area contributed by atoms with E-state index in [4.69, 9.17) is 11.6 Å². The number of nitrogens with one attached hydrogen (secondary N) is 3. The van der Waals surface area contributed by atoms with E-state index >= 15 is 0 Å². The van der Waals surface area contributed by atoms with E-state index in [1.165, 1.54) is 0 Å². The van der Waals surface area contributed by atoms with Gasteiger partial charge in [-0.2, -0.15) is 0 Å². The first-order valence-corrected chi connectivity index (χ1v) is 9.55. The summed E-state index contributed by atoms with van der Waals surface area (Å²) >= 11 is 6.06. The Balaban J connectivity index is 1.89. The van der Waals surface area contributed by atoms with E-state index in [1.807, 2.05) is 73.9 Å². The van der Waals surface area contributed by atoms with Crippen molar-refractivity contribution in [1.82, 2.24) is 20.1 Å². The number of halogens is 1. The van der Waals surface area contributed by atoms with E-state index in [-0.39, 0.29) is 12.1 Å². The molecule has 8 heteroatoms. The number of aliphatic imine (C=N–C) groups is 1. The number of aryl methyl sites for hydroxylation is 1. The maximum atomic E-state index is 11.7. The molecule has 0 spiro atoms. The van der Waals surface area contributed by atoms with E-state index < -0.39 is 0 Å². The molecule has 1 heterocycles. The number of carbonyl (C=O) groups excluding carboxylic acids is 1. The summed E-state index contributed by atoms with van der Waals surface area (Å²) in [6.45, 7) is 5.16. The molecule has 0 unspecified atom stereocenters. The van der Waals surface area contributed by atoms with Crippen LogP contribution in [-0.2, 0) is 20.1 Å². The lowest BCUT2D eigenvalue weighted by Gasteiger charge is -2.22. The van der Waals surface area contributed by atoms with Crippen LogP contribution in [0.5, 0.6) is 0 Å². The standard InChI is InChI=1S/C20H29ClN6O/c1-14(2)24-20(28)25-17-8-6-15(7-9-17)11-23-19(22-3)27(5)13-18-10-16(21)12-26(18)4/h6-10,12,14H,11,13H2,1-5H3,(H,22,23)(H2,24,25,28). The minimum Gasteiger partial charge on any atom is -0.352 e. The molecule has 28 heavy (non-hydrogen) atoms. The van der Waals surface area contributed by atoms with Crippen LogP contribution < -0.4 is 16.0 Å². The summed E-state index contributed by atoms with van der Waals surface area (Å²) in [4.78, 5) is 18.1. The molecule has 0 radical (unpaired) electrons. The summed E-state index contributed by atoms with van der Waals surface area (Å²) < 4.78 is 2.01. The molecule has 0 fully saturated rings. The third-order valence-electron chi connectivity index (χ3n) is 4.13. The Hall–Kier alpha value is -2.67. The van der Waals surface area contributed by atoms with E-state index in [9.17, 15) is 4.79 Å². The van der Waals surface area contributed by atoms with Gasteiger partial charge in [0.25, 0.3) is 0 Å². The van der Waals surface area contributed by atoms with Crippen molar-refractivity contribution in [3.63, 3.8) is 0 Å². The van der Waals surface area contributed by atoms with Crippen LogP contribution in [0.2, 0.25) is 5.02 Å². The Bertz CT molecular complexity index is 813.